The Balaban J connectivity index is 1.79. The average molecular weight is 276 g/mol. The summed E-state index contributed by atoms with van der Waals surface area (Å²) >= 11 is 0. The number of fused-ring (bicyclic) bond motifs is 2. The average Bonchev–Trinajstić information content (AvgIpc) is 2.95. The second kappa shape index (κ2) is 4.66. The van der Waals surface area contributed by atoms with Crippen molar-refractivity contribution in [1.29, 1.82) is 0 Å². The summed E-state index contributed by atoms with van der Waals surface area (Å²) in [5, 5.41) is 0. The molecular formula is C17H12N2O2. The van der Waals surface area contributed by atoms with Gasteiger partial charge in [0.25, 0.3) is 0 Å². The first-order valence-electron chi connectivity index (χ1n) is 6.81. The number of nitrogens with zero attached hydrogens (tertiary/aromatic N) is 2. The van der Waals surface area contributed by atoms with Gasteiger partial charge in [-0.15, -0.1) is 0 Å². The van der Waals surface area contributed by atoms with Crippen molar-refractivity contribution in [2.75, 3.05) is 6.61 Å². The van der Waals surface area contributed by atoms with Gasteiger partial charge < -0.3 is 4.74 Å². The Labute approximate surface area is 121 Å². The third-order valence-corrected chi connectivity index (χ3v) is 3.66. The maximum absolute atomic E-state index is 12.6. The molecule has 1 unspecified atom stereocenters. The fourth-order valence-corrected chi connectivity index (χ4v) is 2.58. The first-order chi connectivity index (χ1) is 10.3. The Morgan fingerprint density at radius 1 is 0.952 bits per heavy atom. The number of rotatable bonds is 2. The monoisotopic (exact) mass is 276 g/mol. The predicted molar refractivity (Wildman–Crippen MR) is 78.5 cm³/mol. The largest absolute Gasteiger partial charge is 0.475 e. The van der Waals surface area contributed by atoms with Crippen molar-refractivity contribution in [3.05, 3.63) is 65.9 Å². The van der Waals surface area contributed by atoms with Crippen molar-refractivity contribution >= 4 is 16.8 Å². The van der Waals surface area contributed by atoms with Gasteiger partial charge in [-0.3, -0.25) is 4.79 Å². The highest BCUT2D eigenvalue weighted by molar-refractivity contribution is 6.01. The van der Waals surface area contributed by atoms with E-state index in [1.807, 2.05) is 54.6 Å². The van der Waals surface area contributed by atoms with Gasteiger partial charge in [0.1, 0.15) is 18.2 Å². The molecule has 0 aliphatic carbocycles. The Morgan fingerprint density at radius 2 is 1.62 bits per heavy atom. The van der Waals surface area contributed by atoms with Gasteiger partial charge in [0.2, 0.25) is 5.88 Å². The maximum atomic E-state index is 12.6. The van der Waals surface area contributed by atoms with Gasteiger partial charge in [-0.05, 0) is 12.1 Å². The van der Waals surface area contributed by atoms with E-state index >= 15 is 0 Å². The highest BCUT2D eigenvalue weighted by Crippen LogP contribution is 2.34. The number of hydrogen-bond donors (Lipinski definition) is 0. The molecule has 102 valence electrons. The molecule has 4 nitrogen and oxygen atoms in total. The van der Waals surface area contributed by atoms with Crippen molar-refractivity contribution in [1.82, 2.24) is 9.97 Å². The molecule has 4 heteroatoms. The number of ether oxygens (including phenoxy) is 1. The SMILES string of the molecule is O=C(c1ccccc1)C1COc2nc3ccccc3nc21. The summed E-state index contributed by atoms with van der Waals surface area (Å²) in [7, 11) is 0. The van der Waals surface area contributed by atoms with E-state index in [2.05, 4.69) is 9.97 Å². The van der Waals surface area contributed by atoms with Gasteiger partial charge >= 0.3 is 0 Å². The molecule has 0 N–H and O–H groups in total. The van der Waals surface area contributed by atoms with Crippen molar-refractivity contribution in [3.63, 3.8) is 0 Å². The van der Waals surface area contributed by atoms with Crippen LogP contribution < -0.4 is 4.74 Å². The molecule has 0 bridgehead atoms. The smallest absolute Gasteiger partial charge is 0.237 e. The standard InChI is InChI=1S/C17H12N2O2/c20-16(11-6-2-1-3-7-11)12-10-21-17-15(12)18-13-8-4-5-9-14(13)19-17/h1-9,12H,10H2. The molecule has 0 fully saturated rings. The van der Waals surface area contributed by atoms with E-state index in [1.165, 1.54) is 0 Å². The third-order valence-electron chi connectivity index (χ3n) is 3.66. The molecule has 1 aromatic heterocycles. The molecular weight excluding hydrogens is 264 g/mol. The van der Waals surface area contributed by atoms with Crippen LogP contribution in [0.4, 0.5) is 0 Å². The normalized spacial score (nSPS) is 16.5. The fraction of sp³-hybridized carbons (Fsp3) is 0.118. The second-order valence-electron chi connectivity index (χ2n) is 5.00. The number of carbonyl (C=O) groups is 1. The number of carbonyl (C=O) groups excluding carboxylic acids is 1. The van der Waals surface area contributed by atoms with Crippen LogP contribution in [0.3, 0.4) is 0 Å². The van der Waals surface area contributed by atoms with Gasteiger partial charge in [-0.2, -0.15) is 0 Å². The number of ketones is 1. The molecule has 0 spiro atoms. The minimum Gasteiger partial charge on any atom is -0.475 e. The fourth-order valence-electron chi connectivity index (χ4n) is 2.58. The summed E-state index contributed by atoms with van der Waals surface area (Å²) in [6.45, 7) is 0.305. The summed E-state index contributed by atoms with van der Waals surface area (Å²) in [5.41, 5.74) is 2.88. The molecule has 2 heterocycles. The van der Waals surface area contributed by atoms with Gasteiger partial charge in [0.05, 0.1) is 11.0 Å². The van der Waals surface area contributed by atoms with Crippen LogP contribution in [0, 0.1) is 0 Å². The second-order valence-corrected chi connectivity index (χ2v) is 5.00. The Bertz CT molecular complexity index is 831. The topological polar surface area (TPSA) is 52.1 Å². The summed E-state index contributed by atoms with van der Waals surface area (Å²) in [6, 6.07) is 16.8. The van der Waals surface area contributed by atoms with Crippen molar-refractivity contribution in [2.24, 2.45) is 0 Å². The van der Waals surface area contributed by atoms with Crippen molar-refractivity contribution in [2.45, 2.75) is 5.92 Å². The van der Waals surface area contributed by atoms with E-state index in [4.69, 9.17) is 4.74 Å². The lowest BCUT2D eigenvalue weighted by molar-refractivity contribution is 0.0946. The summed E-state index contributed by atoms with van der Waals surface area (Å²) in [5.74, 6) is 0.126. The third kappa shape index (κ3) is 1.96. The minimum atomic E-state index is -0.375. The van der Waals surface area contributed by atoms with Crippen LogP contribution in [-0.4, -0.2) is 22.4 Å². The zero-order valence-corrected chi connectivity index (χ0v) is 11.2. The highest BCUT2D eigenvalue weighted by Gasteiger charge is 2.34. The number of para-hydroxylation sites is 2. The highest BCUT2D eigenvalue weighted by atomic mass is 16.5. The van der Waals surface area contributed by atoms with E-state index in [1.54, 1.807) is 0 Å². The molecule has 0 saturated carbocycles. The van der Waals surface area contributed by atoms with Gasteiger partial charge in [-0.1, -0.05) is 42.5 Å². The van der Waals surface area contributed by atoms with E-state index in [0.29, 0.717) is 23.7 Å². The Morgan fingerprint density at radius 3 is 2.38 bits per heavy atom. The molecule has 1 aliphatic rings. The molecule has 1 atom stereocenters. The summed E-state index contributed by atoms with van der Waals surface area (Å²) in [4.78, 5) is 21.6. The molecule has 3 aromatic rings. The molecule has 1 aliphatic heterocycles. The van der Waals surface area contributed by atoms with Gasteiger partial charge in [0.15, 0.2) is 5.78 Å². The van der Waals surface area contributed by atoms with Crippen LogP contribution in [0.25, 0.3) is 11.0 Å². The lowest BCUT2D eigenvalue weighted by atomic mass is 9.96. The molecule has 4 rings (SSSR count). The van der Waals surface area contributed by atoms with Crippen molar-refractivity contribution in [3.8, 4) is 5.88 Å². The van der Waals surface area contributed by atoms with Crippen LogP contribution in [0.1, 0.15) is 22.0 Å². The van der Waals surface area contributed by atoms with Crippen LogP contribution in [-0.2, 0) is 0 Å². The van der Waals surface area contributed by atoms with Crippen LogP contribution in [0.5, 0.6) is 5.88 Å². The number of Topliss-reactive ketones (excluding diaryl/α,β-unsaturated/α-hetero) is 1. The molecule has 21 heavy (non-hydrogen) atoms. The number of benzene rings is 2. The zero-order chi connectivity index (χ0) is 14.2. The summed E-state index contributed by atoms with van der Waals surface area (Å²) < 4.78 is 5.57. The van der Waals surface area contributed by atoms with Crippen LogP contribution in [0.15, 0.2) is 54.6 Å². The van der Waals surface area contributed by atoms with Crippen LogP contribution in [0.2, 0.25) is 0 Å². The van der Waals surface area contributed by atoms with E-state index in [9.17, 15) is 4.79 Å². The quantitative estimate of drug-likeness (QED) is 0.675. The summed E-state index contributed by atoms with van der Waals surface area (Å²) in [6.07, 6.45) is 0. The molecule has 0 amide bonds. The van der Waals surface area contributed by atoms with Crippen LogP contribution >= 0.6 is 0 Å². The predicted octanol–water partition coefficient (Wildman–Crippen LogP) is 2.99. The van der Waals surface area contributed by atoms with Crippen molar-refractivity contribution < 1.29 is 9.53 Å². The zero-order valence-electron chi connectivity index (χ0n) is 11.2. The molecule has 0 saturated heterocycles. The first-order valence-corrected chi connectivity index (χ1v) is 6.81. The van der Waals surface area contributed by atoms with Gasteiger partial charge in [-0.25, -0.2) is 9.97 Å². The van der Waals surface area contributed by atoms with E-state index in [0.717, 1.165) is 11.0 Å². The Kier molecular flexibility index (Phi) is 2.67. The van der Waals surface area contributed by atoms with Gasteiger partial charge in [0, 0.05) is 5.56 Å². The number of hydrogen-bond acceptors (Lipinski definition) is 4. The Hall–Kier alpha value is -2.75. The lowest BCUT2D eigenvalue weighted by Gasteiger charge is -2.07. The van der Waals surface area contributed by atoms with E-state index < -0.39 is 0 Å². The maximum Gasteiger partial charge on any atom is 0.237 e. The number of aromatic nitrogens is 2. The molecule has 0 radical (unpaired) electrons. The lowest BCUT2D eigenvalue weighted by Crippen LogP contribution is -2.15. The van der Waals surface area contributed by atoms with E-state index in [-0.39, 0.29) is 11.7 Å². The first kappa shape index (κ1) is 12.0. The minimum absolute atomic E-state index is 0.0268. The molecule has 2 aromatic carbocycles.